The van der Waals surface area contributed by atoms with Crippen LogP contribution in [0.5, 0.6) is 0 Å². The summed E-state index contributed by atoms with van der Waals surface area (Å²) < 4.78 is 24.9. The summed E-state index contributed by atoms with van der Waals surface area (Å²) >= 11 is 6.07. The number of nitrogens with zero attached hydrogens (tertiary/aromatic N) is 1. The number of hydrogen-bond donors (Lipinski definition) is 2. The second-order valence-electron chi connectivity index (χ2n) is 5.75. The van der Waals surface area contributed by atoms with Gasteiger partial charge in [0.1, 0.15) is 6.04 Å². The Morgan fingerprint density at radius 3 is 2.54 bits per heavy atom. The van der Waals surface area contributed by atoms with Crippen molar-refractivity contribution in [1.29, 1.82) is 0 Å². The third-order valence-corrected chi connectivity index (χ3v) is 5.33. The fourth-order valence-corrected chi connectivity index (χ4v) is 4.03. The maximum Gasteiger partial charge on any atom is 0.242 e. The summed E-state index contributed by atoms with van der Waals surface area (Å²) in [5.74, 6) is -0.636. The van der Waals surface area contributed by atoms with Crippen molar-refractivity contribution < 1.29 is 18.0 Å². The van der Waals surface area contributed by atoms with E-state index in [1.54, 1.807) is 12.1 Å². The Bertz CT molecular complexity index is 751. The molecular weight excluding hydrogens is 354 g/mol. The van der Waals surface area contributed by atoms with Gasteiger partial charge in [-0.15, -0.1) is 0 Å². The molecule has 24 heavy (non-hydrogen) atoms. The molecule has 1 aromatic rings. The molecule has 2 N–H and O–H groups in total. The summed E-state index contributed by atoms with van der Waals surface area (Å²) in [6, 6.07) is 3.97. The van der Waals surface area contributed by atoms with Crippen molar-refractivity contribution in [3.8, 4) is 0 Å². The van der Waals surface area contributed by atoms with Gasteiger partial charge in [-0.3, -0.25) is 9.59 Å². The lowest BCUT2D eigenvalue weighted by Crippen LogP contribution is -2.49. The minimum atomic E-state index is -3.44. The van der Waals surface area contributed by atoms with Gasteiger partial charge in [0.15, 0.2) is 0 Å². The van der Waals surface area contributed by atoms with Gasteiger partial charge in [0, 0.05) is 19.2 Å². The molecule has 1 saturated heterocycles. The zero-order chi connectivity index (χ0) is 17.9. The van der Waals surface area contributed by atoms with Crippen LogP contribution in [-0.4, -0.2) is 43.4 Å². The Hall–Kier alpha value is -1.64. The van der Waals surface area contributed by atoms with E-state index in [0.717, 1.165) is 19.1 Å². The first-order valence-corrected chi connectivity index (χ1v) is 9.76. The molecule has 9 heteroatoms. The van der Waals surface area contributed by atoms with Crippen LogP contribution in [0.25, 0.3) is 0 Å². The van der Waals surface area contributed by atoms with E-state index >= 15 is 0 Å². The first-order chi connectivity index (χ1) is 11.2. The topological polar surface area (TPSA) is 95.6 Å². The fraction of sp³-hybridized carbons (Fsp3) is 0.467. The highest BCUT2D eigenvalue weighted by Crippen LogP contribution is 2.27. The highest BCUT2D eigenvalue weighted by Gasteiger charge is 2.34. The van der Waals surface area contributed by atoms with Crippen LogP contribution in [0.3, 0.4) is 0 Å². The minimum Gasteiger partial charge on any atom is -0.325 e. The van der Waals surface area contributed by atoms with Crippen molar-refractivity contribution in [2.45, 2.75) is 32.2 Å². The van der Waals surface area contributed by atoms with Crippen molar-refractivity contribution >= 4 is 44.8 Å². The SMILES string of the molecule is CC(=O)Nc1ccc(NC(=O)C2CCCCN2S(C)(=O)=O)cc1Cl. The molecule has 1 atom stereocenters. The molecule has 1 aromatic carbocycles. The second kappa shape index (κ2) is 7.50. The summed E-state index contributed by atoms with van der Waals surface area (Å²) in [6.07, 6.45) is 3.13. The molecule has 1 heterocycles. The minimum absolute atomic E-state index is 0.250. The van der Waals surface area contributed by atoms with Gasteiger partial charge in [-0.2, -0.15) is 4.31 Å². The number of sulfonamides is 1. The summed E-state index contributed by atoms with van der Waals surface area (Å²) in [7, 11) is -3.44. The molecule has 0 aliphatic carbocycles. The highest BCUT2D eigenvalue weighted by molar-refractivity contribution is 7.88. The molecular formula is C15H20ClN3O4S. The lowest BCUT2D eigenvalue weighted by molar-refractivity contribution is -0.120. The Balaban J connectivity index is 2.13. The zero-order valence-electron chi connectivity index (χ0n) is 13.5. The number of nitrogens with one attached hydrogen (secondary N) is 2. The van der Waals surface area contributed by atoms with Crippen LogP contribution in [0, 0.1) is 0 Å². The van der Waals surface area contributed by atoms with Crippen molar-refractivity contribution in [1.82, 2.24) is 4.31 Å². The van der Waals surface area contributed by atoms with E-state index in [2.05, 4.69) is 10.6 Å². The number of carbonyl (C=O) groups excluding carboxylic acids is 2. The van der Waals surface area contributed by atoms with Crippen molar-refractivity contribution in [2.75, 3.05) is 23.4 Å². The van der Waals surface area contributed by atoms with E-state index < -0.39 is 16.1 Å². The van der Waals surface area contributed by atoms with Gasteiger partial charge >= 0.3 is 0 Å². The van der Waals surface area contributed by atoms with E-state index in [9.17, 15) is 18.0 Å². The smallest absolute Gasteiger partial charge is 0.242 e. The molecule has 1 aliphatic heterocycles. The van der Waals surface area contributed by atoms with E-state index in [1.807, 2.05) is 0 Å². The Morgan fingerprint density at radius 1 is 1.25 bits per heavy atom. The van der Waals surface area contributed by atoms with E-state index in [4.69, 9.17) is 11.6 Å². The normalized spacial score (nSPS) is 18.9. The molecule has 1 fully saturated rings. The Labute approximate surface area is 146 Å². The van der Waals surface area contributed by atoms with Crippen LogP contribution >= 0.6 is 11.6 Å². The monoisotopic (exact) mass is 373 g/mol. The van der Waals surface area contributed by atoms with Crippen LogP contribution in [0.4, 0.5) is 11.4 Å². The maximum absolute atomic E-state index is 12.5. The molecule has 1 aliphatic rings. The number of halogens is 1. The zero-order valence-corrected chi connectivity index (χ0v) is 15.1. The van der Waals surface area contributed by atoms with Crippen LogP contribution in [-0.2, 0) is 19.6 Å². The average Bonchev–Trinajstić information content (AvgIpc) is 2.49. The van der Waals surface area contributed by atoms with Crippen molar-refractivity contribution in [2.24, 2.45) is 0 Å². The highest BCUT2D eigenvalue weighted by atomic mass is 35.5. The summed E-state index contributed by atoms with van der Waals surface area (Å²) in [5, 5.41) is 5.55. The standard InChI is InChI=1S/C15H20ClN3O4S/c1-10(20)17-13-7-6-11(9-12(13)16)18-15(21)14-5-3-4-8-19(14)24(2,22)23/h6-7,9,14H,3-5,8H2,1-2H3,(H,17,20)(H,18,21). The van der Waals surface area contributed by atoms with Crippen molar-refractivity contribution in [3.05, 3.63) is 23.2 Å². The van der Waals surface area contributed by atoms with Crippen LogP contribution < -0.4 is 10.6 Å². The average molecular weight is 374 g/mol. The first-order valence-electron chi connectivity index (χ1n) is 7.53. The van der Waals surface area contributed by atoms with Gasteiger partial charge in [-0.1, -0.05) is 18.0 Å². The molecule has 1 unspecified atom stereocenters. The largest absolute Gasteiger partial charge is 0.325 e. The number of piperidine rings is 1. The van der Waals surface area contributed by atoms with Gasteiger partial charge in [0.25, 0.3) is 0 Å². The third-order valence-electron chi connectivity index (χ3n) is 3.73. The van der Waals surface area contributed by atoms with E-state index in [-0.39, 0.29) is 16.8 Å². The molecule has 0 bridgehead atoms. The quantitative estimate of drug-likeness (QED) is 0.844. The molecule has 7 nitrogen and oxygen atoms in total. The molecule has 2 rings (SSSR count). The lowest BCUT2D eigenvalue weighted by Gasteiger charge is -2.32. The number of rotatable bonds is 4. The van der Waals surface area contributed by atoms with Gasteiger partial charge in [0.2, 0.25) is 21.8 Å². The number of hydrogen-bond acceptors (Lipinski definition) is 4. The van der Waals surface area contributed by atoms with Gasteiger partial charge < -0.3 is 10.6 Å². The maximum atomic E-state index is 12.5. The fourth-order valence-electron chi connectivity index (χ4n) is 2.67. The predicted octanol–water partition coefficient (Wildman–Crippen LogP) is 2.05. The number of anilines is 2. The first kappa shape index (κ1) is 18.7. The lowest BCUT2D eigenvalue weighted by atomic mass is 10.0. The molecule has 0 aromatic heterocycles. The predicted molar refractivity (Wildman–Crippen MR) is 93.6 cm³/mol. The summed E-state index contributed by atoms with van der Waals surface area (Å²) in [4.78, 5) is 23.5. The van der Waals surface area contributed by atoms with Gasteiger partial charge in [0.05, 0.1) is 17.0 Å². The van der Waals surface area contributed by atoms with Gasteiger partial charge in [-0.05, 0) is 31.0 Å². The Kier molecular flexibility index (Phi) is 5.84. The van der Waals surface area contributed by atoms with Gasteiger partial charge in [-0.25, -0.2) is 8.42 Å². The number of carbonyl (C=O) groups is 2. The van der Waals surface area contributed by atoms with E-state index in [1.165, 1.54) is 17.3 Å². The number of benzene rings is 1. The molecule has 2 amide bonds. The second-order valence-corrected chi connectivity index (χ2v) is 8.09. The molecule has 0 radical (unpaired) electrons. The molecule has 0 spiro atoms. The van der Waals surface area contributed by atoms with E-state index in [0.29, 0.717) is 24.3 Å². The van der Waals surface area contributed by atoms with Crippen LogP contribution in [0.15, 0.2) is 18.2 Å². The van der Waals surface area contributed by atoms with Crippen LogP contribution in [0.1, 0.15) is 26.2 Å². The number of amides is 2. The Morgan fingerprint density at radius 2 is 1.96 bits per heavy atom. The molecule has 132 valence electrons. The summed E-state index contributed by atoms with van der Waals surface area (Å²) in [5.41, 5.74) is 0.885. The molecule has 0 saturated carbocycles. The van der Waals surface area contributed by atoms with Crippen LogP contribution in [0.2, 0.25) is 5.02 Å². The third kappa shape index (κ3) is 4.68. The summed E-state index contributed by atoms with van der Waals surface area (Å²) in [6.45, 7) is 1.72. The van der Waals surface area contributed by atoms with Crippen molar-refractivity contribution in [3.63, 3.8) is 0 Å².